The molecule has 1 fully saturated rings. The molecule has 0 N–H and O–H groups in total. The Balaban J connectivity index is 2.86. The molecule has 0 bridgehead atoms. The molecule has 0 aromatic heterocycles. The molecule has 0 amide bonds. The third kappa shape index (κ3) is 1.04. The zero-order valence-electron chi connectivity index (χ0n) is 5.92. The lowest BCUT2D eigenvalue weighted by molar-refractivity contribution is 0.565. The highest BCUT2D eigenvalue weighted by Crippen LogP contribution is 2.85. The molecular weight excluding hydrogens is 154 g/mol. The van der Waals surface area contributed by atoms with Crippen LogP contribution in [0, 0.1) is 5.40 Å². The summed E-state index contributed by atoms with van der Waals surface area (Å²) in [6.45, 7) is 5.18. The van der Waals surface area contributed by atoms with Crippen molar-refractivity contribution in [3.8, 4) is 0 Å². The minimum absolute atomic E-state index is 0.464. The average Bonchev–Trinajstić information content (AvgIpc) is 1.63. The van der Waals surface area contributed by atoms with Gasteiger partial charge in [-0.15, -0.1) is 0 Å². The van der Waals surface area contributed by atoms with Gasteiger partial charge in [-0.3, -0.25) is 0 Å². The van der Waals surface area contributed by atoms with E-state index in [9.17, 15) is 9.13 Å². The third-order valence-electron chi connectivity index (χ3n) is 1.91. The maximum Gasteiger partial charge on any atom is 0.00335 e. The summed E-state index contributed by atoms with van der Waals surface area (Å²) in [7, 11) is -4.05. The van der Waals surface area contributed by atoms with Crippen LogP contribution in [-0.2, 0) is 9.13 Å². The third-order valence-corrected chi connectivity index (χ3v) is 11.5. The molecule has 0 aromatic carbocycles. The summed E-state index contributed by atoms with van der Waals surface area (Å²) in [5.41, 5.74) is 0. The first-order valence-corrected chi connectivity index (χ1v) is 7.52. The lowest BCUT2D eigenvalue weighted by Gasteiger charge is -2.51. The Bertz CT molecular complexity index is 199. The SMILES string of the molecule is C[C-]1P(C)(=O)CP1(C)=O. The van der Waals surface area contributed by atoms with E-state index in [1.54, 1.807) is 20.3 Å². The molecule has 0 spiro atoms. The van der Waals surface area contributed by atoms with Crippen LogP contribution in [0.5, 0.6) is 0 Å². The number of rotatable bonds is 0. The van der Waals surface area contributed by atoms with E-state index in [1.807, 2.05) is 0 Å². The quantitative estimate of drug-likeness (QED) is 0.408. The van der Waals surface area contributed by atoms with Gasteiger partial charge in [0.25, 0.3) is 0 Å². The number of hydrogen-bond acceptors (Lipinski definition) is 2. The van der Waals surface area contributed by atoms with Crippen molar-refractivity contribution in [3.63, 3.8) is 0 Å². The van der Waals surface area contributed by atoms with E-state index in [0.717, 1.165) is 5.40 Å². The second-order valence-electron chi connectivity index (χ2n) is 2.89. The van der Waals surface area contributed by atoms with Gasteiger partial charge in [-0.25, -0.2) is 0 Å². The van der Waals surface area contributed by atoms with Crippen LogP contribution in [0.4, 0.5) is 0 Å². The summed E-state index contributed by atoms with van der Waals surface area (Å²) < 4.78 is 22.4. The van der Waals surface area contributed by atoms with Crippen LogP contribution in [-0.4, -0.2) is 19.2 Å². The Hall–Kier alpha value is 0.460. The molecule has 1 aliphatic heterocycles. The normalized spacial score (nSPS) is 52.8. The van der Waals surface area contributed by atoms with Gasteiger partial charge in [-0.2, -0.15) is 12.3 Å². The fourth-order valence-corrected chi connectivity index (χ4v) is 9.80. The topological polar surface area (TPSA) is 34.1 Å². The van der Waals surface area contributed by atoms with E-state index in [2.05, 4.69) is 0 Å². The van der Waals surface area contributed by atoms with Crippen LogP contribution in [0.2, 0.25) is 0 Å². The van der Waals surface area contributed by atoms with Crippen molar-refractivity contribution >= 4 is 14.3 Å². The predicted molar refractivity (Wildman–Crippen MR) is 40.8 cm³/mol. The lowest BCUT2D eigenvalue weighted by atomic mass is 11.0. The molecule has 2 atom stereocenters. The van der Waals surface area contributed by atoms with Crippen molar-refractivity contribution in [3.05, 3.63) is 5.40 Å². The molecule has 1 aliphatic rings. The number of hydrogen-bond donors (Lipinski definition) is 0. The highest BCUT2D eigenvalue weighted by atomic mass is 31.3. The first-order valence-electron chi connectivity index (χ1n) is 2.84. The van der Waals surface area contributed by atoms with Crippen molar-refractivity contribution in [2.75, 3.05) is 19.2 Å². The molecule has 2 nitrogen and oxygen atoms in total. The molecule has 1 rings (SSSR count). The van der Waals surface area contributed by atoms with Crippen molar-refractivity contribution in [2.24, 2.45) is 0 Å². The molecule has 2 unspecified atom stereocenters. The van der Waals surface area contributed by atoms with Crippen LogP contribution in [0.1, 0.15) is 6.92 Å². The van der Waals surface area contributed by atoms with Crippen molar-refractivity contribution in [1.29, 1.82) is 0 Å². The van der Waals surface area contributed by atoms with E-state index < -0.39 is 14.3 Å². The Morgan fingerprint density at radius 3 is 1.56 bits per heavy atom. The lowest BCUT2D eigenvalue weighted by Crippen LogP contribution is -2.11. The first-order chi connectivity index (χ1) is 3.86. The fraction of sp³-hybridized carbons (Fsp3) is 0.800. The van der Waals surface area contributed by atoms with Crippen LogP contribution < -0.4 is 0 Å². The van der Waals surface area contributed by atoms with Gasteiger partial charge in [-0.05, 0) is 27.6 Å². The molecule has 1 saturated heterocycles. The molecular formula is C5H11O2P2-. The van der Waals surface area contributed by atoms with Gasteiger partial charge in [0.1, 0.15) is 0 Å². The molecule has 0 saturated carbocycles. The molecule has 0 radical (unpaired) electrons. The van der Waals surface area contributed by atoms with E-state index >= 15 is 0 Å². The fourth-order valence-electron chi connectivity index (χ4n) is 1.09. The maximum absolute atomic E-state index is 11.2. The smallest absolute Gasteiger partial charge is 0.00335 e. The van der Waals surface area contributed by atoms with Crippen LogP contribution >= 0.6 is 14.3 Å². The summed E-state index contributed by atoms with van der Waals surface area (Å²) in [6, 6.07) is 0. The van der Waals surface area contributed by atoms with Gasteiger partial charge < -0.3 is 9.13 Å². The molecule has 54 valence electrons. The maximum atomic E-state index is 11.2. The standard InChI is InChI=1S/C5H11O2P2/c1-5-8(2,6)4-9(5,3)7/h4H2,1-3H3/q-1. The van der Waals surface area contributed by atoms with Gasteiger partial charge in [0.05, 0.1) is 0 Å². The largest absolute Gasteiger partial charge is 0.357 e. The summed E-state index contributed by atoms with van der Waals surface area (Å²) in [5.74, 6) is 0.464. The zero-order chi connectivity index (χ0) is 7.28. The minimum Gasteiger partial charge on any atom is -0.357 e. The van der Waals surface area contributed by atoms with Crippen molar-refractivity contribution in [1.82, 2.24) is 0 Å². The van der Waals surface area contributed by atoms with E-state index in [1.165, 1.54) is 0 Å². The Kier molecular flexibility index (Phi) is 1.46. The second-order valence-corrected chi connectivity index (χ2v) is 10.1. The molecule has 9 heavy (non-hydrogen) atoms. The molecule has 0 aliphatic carbocycles. The Labute approximate surface area is 55.8 Å². The van der Waals surface area contributed by atoms with Crippen molar-refractivity contribution < 1.29 is 9.13 Å². The van der Waals surface area contributed by atoms with Gasteiger partial charge in [-0.1, -0.05) is 0 Å². The van der Waals surface area contributed by atoms with Crippen LogP contribution in [0.15, 0.2) is 0 Å². The van der Waals surface area contributed by atoms with Gasteiger partial charge in [0, 0.05) is 5.90 Å². The monoisotopic (exact) mass is 165 g/mol. The first kappa shape index (κ1) is 7.57. The minimum atomic E-state index is -2.03. The van der Waals surface area contributed by atoms with Crippen molar-refractivity contribution in [2.45, 2.75) is 6.92 Å². The van der Waals surface area contributed by atoms with Gasteiger partial charge in [0.15, 0.2) is 0 Å². The zero-order valence-corrected chi connectivity index (χ0v) is 7.71. The van der Waals surface area contributed by atoms with Gasteiger partial charge in [0.2, 0.25) is 0 Å². The van der Waals surface area contributed by atoms with Crippen LogP contribution in [0.3, 0.4) is 0 Å². The Morgan fingerprint density at radius 1 is 1.22 bits per heavy atom. The summed E-state index contributed by atoms with van der Waals surface area (Å²) in [4.78, 5) is 0. The van der Waals surface area contributed by atoms with E-state index in [0.29, 0.717) is 5.90 Å². The molecule has 0 aromatic rings. The molecule has 4 heteroatoms. The highest BCUT2D eigenvalue weighted by Gasteiger charge is 2.36. The van der Waals surface area contributed by atoms with Gasteiger partial charge >= 0.3 is 0 Å². The Morgan fingerprint density at radius 2 is 1.56 bits per heavy atom. The van der Waals surface area contributed by atoms with E-state index in [4.69, 9.17) is 0 Å². The highest BCUT2D eigenvalue weighted by molar-refractivity contribution is 8.00. The summed E-state index contributed by atoms with van der Waals surface area (Å²) >= 11 is 0. The summed E-state index contributed by atoms with van der Waals surface area (Å²) in [5, 5.41) is 0.773. The average molecular weight is 165 g/mol. The molecule has 1 heterocycles. The van der Waals surface area contributed by atoms with Crippen LogP contribution in [0.25, 0.3) is 0 Å². The summed E-state index contributed by atoms with van der Waals surface area (Å²) in [6.07, 6.45) is 0. The predicted octanol–water partition coefficient (Wildman–Crippen LogP) is 2.45. The van der Waals surface area contributed by atoms with E-state index in [-0.39, 0.29) is 0 Å². The second kappa shape index (κ2) is 1.74.